The van der Waals surface area contributed by atoms with Gasteiger partial charge in [-0.1, -0.05) is 62.4 Å². The van der Waals surface area contributed by atoms with Crippen LogP contribution in [0.4, 0.5) is 0 Å². The molecule has 1 aliphatic carbocycles. The van der Waals surface area contributed by atoms with Crippen molar-refractivity contribution in [3.63, 3.8) is 0 Å². The molecule has 1 heterocycles. The van der Waals surface area contributed by atoms with Crippen molar-refractivity contribution in [2.24, 2.45) is 5.92 Å². The smallest absolute Gasteiger partial charge is 0.0299 e. The van der Waals surface area contributed by atoms with Crippen molar-refractivity contribution < 1.29 is 0 Å². The minimum Gasteiger partial charge on any atom is -0.312 e. The predicted molar refractivity (Wildman–Crippen MR) is 92.7 cm³/mol. The summed E-state index contributed by atoms with van der Waals surface area (Å²) in [5.74, 6) is 0.981. The van der Waals surface area contributed by atoms with Gasteiger partial charge < -0.3 is 5.32 Å². The second kappa shape index (κ2) is 7.77. The summed E-state index contributed by atoms with van der Waals surface area (Å²) >= 11 is 1.87. The Kier molecular flexibility index (Phi) is 5.47. The van der Waals surface area contributed by atoms with Gasteiger partial charge in [0, 0.05) is 11.4 Å². The molecule has 0 spiro atoms. The largest absolute Gasteiger partial charge is 0.312 e. The molecular weight excluding hydrogens is 274 g/mol. The van der Waals surface area contributed by atoms with E-state index in [2.05, 4.69) is 47.1 Å². The first-order chi connectivity index (χ1) is 10.4. The highest BCUT2D eigenvalue weighted by atomic mass is 32.1. The Hall–Kier alpha value is -1.12. The molecule has 1 saturated carbocycles. The van der Waals surface area contributed by atoms with Gasteiger partial charge in [-0.15, -0.1) is 11.3 Å². The number of nitrogens with one attached hydrogen (secondary N) is 1. The van der Waals surface area contributed by atoms with E-state index in [0.717, 1.165) is 12.5 Å². The minimum absolute atomic E-state index is 0.981. The van der Waals surface area contributed by atoms with Crippen LogP contribution in [0.25, 0.3) is 11.1 Å². The summed E-state index contributed by atoms with van der Waals surface area (Å²) in [6, 6.07) is 13.0. The summed E-state index contributed by atoms with van der Waals surface area (Å²) in [6.07, 6.45) is 8.64. The first-order valence-corrected chi connectivity index (χ1v) is 9.13. The highest BCUT2D eigenvalue weighted by Gasteiger charge is 2.12. The van der Waals surface area contributed by atoms with Crippen LogP contribution in [0, 0.1) is 5.92 Å². The number of hydrogen-bond acceptors (Lipinski definition) is 2. The lowest BCUT2D eigenvalue weighted by Gasteiger charge is -2.21. The standard InChI is InChI=1S/C19H25NS/c1-3-7-16(8-4-1)11-12-20-14-19-13-18(15-21-19)17-9-5-2-6-10-17/h2,5-6,9-10,13,15-16,20H,1,3-4,7-8,11-12,14H2. The Morgan fingerprint density at radius 1 is 1.00 bits per heavy atom. The SMILES string of the molecule is c1ccc(-c2csc(CNCCC3CCCCC3)c2)cc1. The molecule has 0 unspecified atom stereocenters. The predicted octanol–water partition coefficient (Wildman–Crippen LogP) is 5.48. The summed E-state index contributed by atoms with van der Waals surface area (Å²) in [5, 5.41) is 5.90. The maximum absolute atomic E-state index is 3.62. The molecule has 0 bridgehead atoms. The minimum atomic E-state index is 0.981. The van der Waals surface area contributed by atoms with Crippen molar-refractivity contribution in [2.45, 2.75) is 45.1 Å². The fraction of sp³-hybridized carbons (Fsp3) is 0.474. The zero-order valence-corrected chi connectivity index (χ0v) is 13.5. The zero-order valence-electron chi connectivity index (χ0n) is 12.7. The van der Waals surface area contributed by atoms with Crippen molar-refractivity contribution in [3.8, 4) is 11.1 Å². The molecule has 1 aliphatic rings. The van der Waals surface area contributed by atoms with E-state index in [9.17, 15) is 0 Å². The number of benzene rings is 1. The molecule has 0 amide bonds. The Bertz CT molecular complexity index is 526. The zero-order chi connectivity index (χ0) is 14.3. The third kappa shape index (κ3) is 4.42. The van der Waals surface area contributed by atoms with Gasteiger partial charge >= 0.3 is 0 Å². The van der Waals surface area contributed by atoms with E-state index in [1.165, 1.54) is 61.1 Å². The van der Waals surface area contributed by atoms with Crippen LogP contribution in [0.15, 0.2) is 41.8 Å². The summed E-state index contributed by atoms with van der Waals surface area (Å²) in [5.41, 5.74) is 2.67. The van der Waals surface area contributed by atoms with Crippen LogP contribution in [-0.4, -0.2) is 6.54 Å². The highest BCUT2D eigenvalue weighted by molar-refractivity contribution is 7.10. The third-order valence-electron chi connectivity index (χ3n) is 4.51. The Balaban J connectivity index is 1.42. The fourth-order valence-corrected chi connectivity index (χ4v) is 4.11. The van der Waals surface area contributed by atoms with Gasteiger partial charge in [-0.3, -0.25) is 0 Å². The van der Waals surface area contributed by atoms with E-state index in [0.29, 0.717) is 0 Å². The molecule has 1 nitrogen and oxygen atoms in total. The van der Waals surface area contributed by atoms with E-state index in [4.69, 9.17) is 0 Å². The van der Waals surface area contributed by atoms with Gasteiger partial charge in [0.1, 0.15) is 0 Å². The molecule has 21 heavy (non-hydrogen) atoms. The van der Waals surface area contributed by atoms with Gasteiger partial charge in [0.2, 0.25) is 0 Å². The maximum Gasteiger partial charge on any atom is 0.0299 e. The van der Waals surface area contributed by atoms with Gasteiger partial charge in [-0.25, -0.2) is 0 Å². The van der Waals surface area contributed by atoms with Gasteiger partial charge in [0.25, 0.3) is 0 Å². The van der Waals surface area contributed by atoms with Crippen LogP contribution in [0.1, 0.15) is 43.4 Å². The van der Waals surface area contributed by atoms with Crippen LogP contribution < -0.4 is 5.32 Å². The van der Waals surface area contributed by atoms with Crippen LogP contribution in [0.3, 0.4) is 0 Å². The van der Waals surface area contributed by atoms with Crippen molar-refractivity contribution in [1.82, 2.24) is 5.32 Å². The lowest BCUT2D eigenvalue weighted by molar-refractivity contribution is 0.334. The van der Waals surface area contributed by atoms with Gasteiger partial charge in [-0.2, -0.15) is 0 Å². The normalized spacial score (nSPS) is 16.2. The van der Waals surface area contributed by atoms with Crippen LogP contribution >= 0.6 is 11.3 Å². The molecule has 1 N–H and O–H groups in total. The van der Waals surface area contributed by atoms with Gasteiger partial charge in [0.05, 0.1) is 0 Å². The van der Waals surface area contributed by atoms with Gasteiger partial charge in [0.15, 0.2) is 0 Å². The average Bonchev–Trinajstić information content (AvgIpc) is 3.02. The van der Waals surface area contributed by atoms with Crippen molar-refractivity contribution in [3.05, 3.63) is 46.7 Å². The van der Waals surface area contributed by atoms with Crippen LogP contribution in [-0.2, 0) is 6.54 Å². The summed E-state index contributed by atoms with van der Waals surface area (Å²) in [7, 11) is 0. The summed E-state index contributed by atoms with van der Waals surface area (Å²) in [6.45, 7) is 2.19. The van der Waals surface area contributed by atoms with Crippen LogP contribution in [0.2, 0.25) is 0 Å². The van der Waals surface area contributed by atoms with E-state index < -0.39 is 0 Å². The molecule has 0 aliphatic heterocycles. The topological polar surface area (TPSA) is 12.0 Å². The maximum atomic E-state index is 3.62. The van der Waals surface area contributed by atoms with Crippen molar-refractivity contribution in [1.29, 1.82) is 0 Å². The third-order valence-corrected chi connectivity index (χ3v) is 5.45. The molecule has 0 radical (unpaired) electrons. The average molecular weight is 299 g/mol. The molecule has 0 atom stereocenters. The Morgan fingerprint density at radius 3 is 2.62 bits per heavy atom. The quantitative estimate of drug-likeness (QED) is 0.697. The first-order valence-electron chi connectivity index (χ1n) is 8.25. The molecule has 2 aromatic rings. The molecule has 1 aromatic heterocycles. The van der Waals surface area contributed by atoms with Crippen molar-refractivity contribution >= 4 is 11.3 Å². The summed E-state index contributed by atoms with van der Waals surface area (Å²) in [4.78, 5) is 1.44. The lowest BCUT2D eigenvalue weighted by Crippen LogP contribution is -2.18. The number of hydrogen-bond donors (Lipinski definition) is 1. The molecule has 3 rings (SSSR count). The fourth-order valence-electron chi connectivity index (χ4n) is 3.25. The number of rotatable bonds is 6. The second-order valence-electron chi connectivity index (χ2n) is 6.14. The molecule has 2 heteroatoms. The van der Waals surface area contributed by atoms with E-state index in [-0.39, 0.29) is 0 Å². The Morgan fingerprint density at radius 2 is 1.81 bits per heavy atom. The number of thiophene rings is 1. The molecule has 0 saturated heterocycles. The molecular formula is C19H25NS. The Labute approximate surface area is 132 Å². The van der Waals surface area contributed by atoms with E-state index >= 15 is 0 Å². The first kappa shape index (κ1) is 14.8. The highest BCUT2D eigenvalue weighted by Crippen LogP contribution is 2.27. The van der Waals surface area contributed by atoms with Gasteiger partial charge in [-0.05, 0) is 41.5 Å². The van der Waals surface area contributed by atoms with E-state index in [1.807, 2.05) is 11.3 Å². The molecule has 1 fully saturated rings. The summed E-state index contributed by atoms with van der Waals surface area (Å²) < 4.78 is 0. The van der Waals surface area contributed by atoms with Crippen LogP contribution in [0.5, 0.6) is 0 Å². The molecule has 1 aromatic carbocycles. The lowest BCUT2D eigenvalue weighted by atomic mass is 9.87. The van der Waals surface area contributed by atoms with Crippen molar-refractivity contribution in [2.75, 3.05) is 6.54 Å². The molecule has 112 valence electrons. The van der Waals surface area contributed by atoms with E-state index in [1.54, 1.807) is 0 Å². The second-order valence-corrected chi connectivity index (χ2v) is 7.13. The monoisotopic (exact) mass is 299 g/mol.